The zero-order valence-corrected chi connectivity index (χ0v) is 20.7. The highest BCUT2D eigenvalue weighted by Gasteiger charge is 2.20. The number of carbonyl (C=O) groups excluding carboxylic acids is 2. The number of anilines is 2. The van der Waals surface area contributed by atoms with Crippen molar-refractivity contribution in [3.63, 3.8) is 0 Å². The van der Waals surface area contributed by atoms with Gasteiger partial charge in [0.25, 0.3) is 5.91 Å². The van der Waals surface area contributed by atoms with Crippen LogP contribution in [0.1, 0.15) is 36.7 Å². The summed E-state index contributed by atoms with van der Waals surface area (Å²) in [6.45, 7) is 8.91. The lowest BCUT2D eigenvalue weighted by atomic mass is 10.0. The zero-order valence-electron chi connectivity index (χ0n) is 19.9. The molecule has 0 heterocycles. The molecule has 2 amide bonds. The summed E-state index contributed by atoms with van der Waals surface area (Å²) < 4.78 is 31.9. The average molecular weight is 496 g/mol. The Kier molecular flexibility index (Phi) is 7.93. The maximum atomic E-state index is 13.2. The molecule has 0 saturated heterocycles. The molecule has 35 heavy (non-hydrogen) atoms. The third-order valence-corrected chi connectivity index (χ3v) is 6.10. The van der Waals surface area contributed by atoms with Crippen LogP contribution < -0.4 is 15.4 Å². The Labute approximate surface area is 205 Å². The molecule has 0 bridgehead atoms. The first-order chi connectivity index (χ1) is 16.5. The van der Waals surface area contributed by atoms with Gasteiger partial charge in [0.05, 0.1) is 17.0 Å². The number of nitrogens with one attached hydrogen (secondary N) is 3. The molecule has 9 heteroatoms. The number of amides is 2. The maximum Gasteiger partial charge on any atom is 0.412 e. The molecule has 0 aliphatic carbocycles. The molecule has 184 valence electrons. The lowest BCUT2D eigenvalue weighted by Crippen LogP contribution is -2.28. The van der Waals surface area contributed by atoms with E-state index < -0.39 is 27.6 Å². The molecular weight excluding hydrogens is 466 g/mol. The van der Waals surface area contributed by atoms with Crippen LogP contribution in [0.4, 0.5) is 16.2 Å². The van der Waals surface area contributed by atoms with E-state index in [0.29, 0.717) is 16.9 Å². The van der Waals surface area contributed by atoms with E-state index in [-0.39, 0.29) is 17.9 Å². The third kappa shape index (κ3) is 7.66. The monoisotopic (exact) mass is 495 g/mol. The molecule has 8 nitrogen and oxygen atoms in total. The highest BCUT2D eigenvalue weighted by Crippen LogP contribution is 2.26. The van der Waals surface area contributed by atoms with Gasteiger partial charge >= 0.3 is 6.09 Å². The van der Waals surface area contributed by atoms with Gasteiger partial charge in [0.1, 0.15) is 5.60 Å². The number of hydrogen-bond donors (Lipinski definition) is 3. The Hall–Kier alpha value is -3.69. The predicted molar refractivity (Wildman–Crippen MR) is 139 cm³/mol. The lowest BCUT2D eigenvalue weighted by molar-refractivity contribution is 0.0636. The summed E-state index contributed by atoms with van der Waals surface area (Å²) in [5.41, 5.74) is 0.921. The van der Waals surface area contributed by atoms with E-state index in [4.69, 9.17) is 4.74 Å². The largest absolute Gasteiger partial charge is 0.444 e. The van der Waals surface area contributed by atoms with Crippen LogP contribution in [0.5, 0.6) is 0 Å². The Morgan fingerprint density at radius 2 is 1.60 bits per heavy atom. The average Bonchev–Trinajstić information content (AvgIpc) is 2.77. The Morgan fingerprint density at radius 3 is 2.20 bits per heavy atom. The standard InChI is InChI=1S/C26H29N3O5S/c1-5-14-27-35(32,33)17-18-10-12-21(13-11-18)28-24(30)22-15-19-8-6-7-9-20(19)16-23(22)29-25(31)34-26(2,3)4/h5-13,15-16,27H,1,14,17H2,2-4H3,(H,28,30)(H,29,31). The number of sulfonamides is 1. The van der Waals surface area contributed by atoms with Gasteiger partial charge in [-0.25, -0.2) is 17.9 Å². The van der Waals surface area contributed by atoms with Gasteiger partial charge in [-0.05, 0) is 61.4 Å². The van der Waals surface area contributed by atoms with Gasteiger partial charge in [-0.2, -0.15) is 0 Å². The van der Waals surface area contributed by atoms with Crippen molar-refractivity contribution in [1.82, 2.24) is 4.72 Å². The SMILES string of the molecule is C=CCNS(=O)(=O)Cc1ccc(NC(=O)c2cc3ccccc3cc2NC(=O)OC(C)(C)C)cc1. The van der Waals surface area contributed by atoms with Crippen LogP contribution in [0.2, 0.25) is 0 Å². The van der Waals surface area contributed by atoms with Gasteiger partial charge in [-0.15, -0.1) is 6.58 Å². The van der Waals surface area contributed by atoms with Gasteiger partial charge in [0, 0.05) is 12.2 Å². The van der Waals surface area contributed by atoms with Crippen molar-refractivity contribution in [3.05, 3.63) is 84.4 Å². The lowest BCUT2D eigenvalue weighted by Gasteiger charge is -2.20. The summed E-state index contributed by atoms with van der Waals surface area (Å²) in [6, 6.07) is 17.4. The zero-order chi connectivity index (χ0) is 25.6. The molecule has 0 unspecified atom stereocenters. The van der Waals surface area contributed by atoms with Gasteiger partial charge in [0.2, 0.25) is 10.0 Å². The van der Waals surface area contributed by atoms with Crippen molar-refractivity contribution < 1.29 is 22.7 Å². The molecule has 3 aromatic rings. The van der Waals surface area contributed by atoms with Crippen LogP contribution in [0.25, 0.3) is 10.8 Å². The fraction of sp³-hybridized carbons (Fsp3) is 0.231. The second kappa shape index (κ2) is 10.7. The van der Waals surface area contributed by atoms with E-state index in [1.165, 1.54) is 6.08 Å². The normalized spacial score (nSPS) is 11.6. The summed E-state index contributed by atoms with van der Waals surface area (Å²) in [5.74, 6) is -0.626. The quantitative estimate of drug-likeness (QED) is 0.379. The Morgan fingerprint density at radius 1 is 0.971 bits per heavy atom. The van der Waals surface area contributed by atoms with E-state index in [9.17, 15) is 18.0 Å². The van der Waals surface area contributed by atoms with Crippen molar-refractivity contribution in [3.8, 4) is 0 Å². The van der Waals surface area contributed by atoms with Crippen LogP contribution >= 0.6 is 0 Å². The van der Waals surface area contributed by atoms with Gasteiger partial charge in [-0.3, -0.25) is 10.1 Å². The minimum atomic E-state index is -3.49. The first kappa shape index (κ1) is 25.9. The van der Waals surface area contributed by atoms with E-state index in [1.807, 2.05) is 24.3 Å². The molecule has 0 atom stereocenters. The molecule has 0 aliphatic heterocycles. The third-order valence-electron chi connectivity index (χ3n) is 4.78. The first-order valence-electron chi connectivity index (χ1n) is 11.0. The second-order valence-electron chi connectivity index (χ2n) is 8.92. The topological polar surface area (TPSA) is 114 Å². The number of carbonyl (C=O) groups is 2. The van der Waals surface area contributed by atoms with Crippen LogP contribution in [-0.2, 0) is 20.5 Å². The van der Waals surface area contributed by atoms with Crippen LogP contribution in [-0.4, -0.2) is 32.6 Å². The molecule has 0 aliphatic rings. The Bertz CT molecular complexity index is 1340. The smallest absolute Gasteiger partial charge is 0.412 e. The minimum absolute atomic E-state index is 0.155. The summed E-state index contributed by atoms with van der Waals surface area (Å²) >= 11 is 0. The van der Waals surface area contributed by atoms with Crippen molar-refractivity contribution in [2.75, 3.05) is 17.2 Å². The number of rotatable bonds is 8. The molecule has 0 saturated carbocycles. The molecule has 3 aromatic carbocycles. The Balaban J connectivity index is 1.82. The van der Waals surface area contributed by atoms with Crippen molar-refractivity contribution in [1.29, 1.82) is 0 Å². The molecule has 3 rings (SSSR count). The second-order valence-corrected chi connectivity index (χ2v) is 10.7. The number of fused-ring (bicyclic) bond motifs is 1. The van der Waals surface area contributed by atoms with E-state index in [2.05, 4.69) is 21.9 Å². The molecule has 3 N–H and O–H groups in total. The van der Waals surface area contributed by atoms with Gasteiger partial charge < -0.3 is 10.1 Å². The molecule has 0 spiro atoms. The fourth-order valence-electron chi connectivity index (χ4n) is 3.28. The van der Waals surface area contributed by atoms with Crippen molar-refractivity contribution in [2.45, 2.75) is 32.1 Å². The van der Waals surface area contributed by atoms with Crippen molar-refractivity contribution >= 4 is 44.2 Å². The molecule has 0 aromatic heterocycles. The highest BCUT2D eigenvalue weighted by molar-refractivity contribution is 7.88. The van der Waals surface area contributed by atoms with Gasteiger partial charge in [-0.1, -0.05) is 42.5 Å². The highest BCUT2D eigenvalue weighted by atomic mass is 32.2. The first-order valence-corrected chi connectivity index (χ1v) is 12.6. The minimum Gasteiger partial charge on any atom is -0.444 e. The molecule has 0 radical (unpaired) electrons. The van der Waals surface area contributed by atoms with E-state index in [1.54, 1.807) is 57.2 Å². The predicted octanol–water partition coefficient (Wildman–Crippen LogP) is 5.04. The molecular formula is C26H29N3O5S. The number of hydrogen-bond acceptors (Lipinski definition) is 5. The van der Waals surface area contributed by atoms with Crippen LogP contribution in [0, 0.1) is 0 Å². The number of ether oxygens (including phenoxy) is 1. The summed E-state index contributed by atoms with van der Waals surface area (Å²) in [6.07, 6.45) is 0.798. The van der Waals surface area contributed by atoms with Crippen LogP contribution in [0.15, 0.2) is 73.3 Å². The summed E-state index contributed by atoms with van der Waals surface area (Å²) in [4.78, 5) is 25.5. The van der Waals surface area contributed by atoms with E-state index in [0.717, 1.165) is 10.8 Å². The van der Waals surface area contributed by atoms with Crippen molar-refractivity contribution in [2.24, 2.45) is 0 Å². The summed E-state index contributed by atoms with van der Waals surface area (Å²) in [5, 5.41) is 7.16. The fourth-order valence-corrected chi connectivity index (χ4v) is 4.39. The molecule has 0 fully saturated rings. The number of benzene rings is 3. The van der Waals surface area contributed by atoms with Crippen LogP contribution in [0.3, 0.4) is 0 Å². The summed E-state index contributed by atoms with van der Waals surface area (Å²) in [7, 11) is -3.49. The van der Waals surface area contributed by atoms with Gasteiger partial charge in [0.15, 0.2) is 0 Å². The maximum absolute atomic E-state index is 13.2. The van der Waals surface area contributed by atoms with E-state index >= 15 is 0 Å².